The summed E-state index contributed by atoms with van der Waals surface area (Å²) in [6.07, 6.45) is 0. The molecule has 0 saturated carbocycles. The lowest BCUT2D eigenvalue weighted by molar-refractivity contribution is -0.113. The number of hydrogen-bond acceptors (Lipinski definition) is 4. The van der Waals surface area contributed by atoms with Crippen LogP contribution in [0.15, 0.2) is 84.0 Å². The number of carbonyl (C=O) groups is 1. The van der Waals surface area contributed by atoms with Crippen molar-refractivity contribution in [2.75, 3.05) is 11.1 Å². The van der Waals surface area contributed by atoms with Crippen molar-refractivity contribution in [2.24, 2.45) is 0 Å². The fourth-order valence-corrected chi connectivity index (χ4v) is 3.74. The Kier molecular flexibility index (Phi) is 5.90. The Morgan fingerprint density at radius 1 is 1.00 bits per heavy atom. The fourth-order valence-electron chi connectivity index (χ4n) is 2.99. The van der Waals surface area contributed by atoms with Crippen LogP contribution in [0, 0.1) is 12.7 Å². The second-order valence-corrected chi connectivity index (χ2v) is 7.61. The minimum absolute atomic E-state index is 0.0765. The van der Waals surface area contributed by atoms with Gasteiger partial charge in [-0.05, 0) is 36.8 Å². The van der Waals surface area contributed by atoms with Crippen molar-refractivity contribution < 1.29 is 9.18 Å². The maximum absolute atomic E-state index is 14.0. The van der Waals surface area contributed by atoms with Gasteiger partial charge in [0.05, 0.1) is 11.4 Å². The summed E-state index contributed by atoms with van der Waals surface area (Å²) in [6, 6.07) is 24.2. The summed E-state index contributed by atoms with van der Waals surface area (Å²) in [4.78, 5) is 12.4. The summed E-state index contributed by atoms with van der Waals surface area (Å²) in [6.45, 7) is 1.80. The molecule has 1 aromatic heterocycles. The smallest absolute Gasteiger partial charge is 0.234 e. The number of halogens is 1. The average molecular weight is 418 g/mol. The van der Waals surface area contributed by atoms with Crippen molar-refractivity contribution in [3.05, 3.63) is 90.2 Å². The van der Waals surface area contributed by atoms with Crippen molar-refractivity contribution in [3.8, 4) is 17.1 Å². The summed E-state index contributed by atoms with van der Waals surface area (Å²) >= 11 is 1.25. The molecule has 0 aliphatic carbocycles. The highest BCUT2D eigenvalue weighted by Gasteiger charge is 2.17. The van der Waals surface area contributed by atoms with Gasteiger partial charge in [0.1, 0.15) is 5.82 Å². The van der Waals surface area contributed by atoms with Gasteiger partial charge in [0.25, 0.3) is 0 Å². The summed E-state index contributed by atoms with van der Waals surface area (Å²) < 4.78 is 15.9. The Labute approximate surface area is 178 Å². The standard InChI is InChI=1S/C23H19FN4OS/c1-16-12-13-20(19(24)14-16)25-21(29)15-30-23-27-26-22(17-8-4-2-5-9-17)28(23)18-10-6-3-7-11-18/h2-14H,15H2,1H3,(H,25,29). The molecule has 5 nitrogen and oxygen atoms in total. The van der Waals surface area contributed by atoms with Gasteiger partial charge in [-0.2, -0.15) is 0 Å². The van der Waals surface area contributed by atoms with Gasteiger partial charge < -0.3 is 5.32 Å². The van der Waals surface area contributed by atoms with Crippen LogP contribution < -0.4 is 5.32 Å². The van der Waals surface area contributed by atoms with E-state index in [2.05, 4.69) is 15.5 Å². The molecule has 7 heteroatoms. The van der Waals surface area contributed by atoms with Crippen LogP contribution in [-0.2, 0) is 4.79 Å². The molecular weight excluding hydrogens is 399 g/mol. The second kappa shape index (κ2) is 8.92. The Hall–Kier alpha value is -3.45. The van der Waals surface area contributed by atoms with E-state index in [0.717, 1.165) is 16.8 Å². The number of benzene rings is 3. The van der Waals surface area contributed by atoms with Gasteiger partial charge in [0.2, 0.25) is 5.91 Å². The summed E-state index contributed by atoms with van der Waals surface area (Å²) in [5.74, 6) is 0.000609. The van der Waals surface area contributed by atoms with E-state index in [9.17, 15) is 9.18 Å². The first-order valence-corrected chi connectivity index (χ1v) is 10.4. The Bertz CT molecular complexity index is 1160. The molecule has 0 unspecified atom stereocenters. The number of nitrogens with one attached hydrogen (secondary N) is 1. The van der Waals surface area contributed by atoms with E-state index in [1.54, 1.807) is 19.1 Å². The van der Waals surface area contributed by atoms with Crippen molar-refractivity contribution in [2.45, 2.75) is 12.1 Å². The molecule has 4 aromatic rings. The number of rotatable bonds is 6. The molecule has 150 valence electrons. The molecule has 0 radical (unpaired) electrons. The van der Waals surface area contributed by atoms with E-state index in [0.29, 0.717) is 11.0 Å². The van der Waals surface area contributed by atoms with Crippen molar-refractivity contribution in [1.29, 1.82) is 0 Å². The Morgan fingerprint density at radius 3 is 2.40 bits per heavy atom. The van der Waals surface area contributed by atoms with Crippen LogP contribution in [0.1, 0.15) is 5.56 Å². The molecule has 1 N–H and O–H groups in total. The molecule has 0 saturated heterocycles. The minimum atomic E-state index is -0.452. The van der Waals surface area contributed by atoms with Crippen molar-refractivity contribution in [3.63, 3.8) is 0 Å². The van der Waals surface area contributed by atoms with E-state index in [1.165, 1.54) is 17.8 Å². The van der Waals surface area contributed by atoms with Crippen LogP contribution in [0.5, 0.6) is 0 Å². The highest BCUT2D eigenvalue weighted by atomic mass is 32.2. The quantitative estimate of drug-likeness (QED) is 0.442. The second-order valence-electron chi connectivity index (χ2n) is 6.66. The maximum Gasteiger partial charge on any atom is 0.234 e. The monoisotopic (exact) mass is 418 g/mol. The van der Waals surface area contributed by atoms with E-state index in [1.807, 2.05) is 65.2 Å². The zero-order valence-electron chi connectivity index (χ0n) is 16.2. The van der Waals surface area contributed by atoms with Gasteiger partial charge in [-0.1, -0.05) is 66.4 Å². The lowest BCUT2D eigenvalue weighted by atomic mass is 10.2. The molecule has 4 rings (SSSR count). The molecule has 0 atom stereocenters. The summed E-state index contributed by atoms with van der Waals surface area (Å²) in [5, 5.41) is 11.8. The third kappa shape index (κ3) is 4.41. The SMILES string of the molecule is Cc1ccc(NC(=O)CSc2nnc(-c3ccccc3)n2-c2ccccc2)c(F)c1. The highest BCUT2D eigenvalue weighted by Crippen LogP contribution is 2.28. The van der Waals surface area contributed by atoms with Gasteiger partial charge in [-0.3, -0.25) is 9.36 Å². The molecule has 0 fully saturated rings. The zero-order valence-corrected chi connectivity index (χ0v) is 17.1. The first-order chi connectivity index (χ1) is 14.6. The summed E-state index contributed by atoms with van der Waals surface area (Å²) in [7, 11) is 0. The normalized spacial score (nSPS) is 10.7. The van der Waals surface area contributed by atoms with Crippen LogP contribution in [0.25, 0.3) is 17.1 Å². The number of carbonyl (C=O) groups excluding carboxylic acids is 1. The van der Waals surface area contributed by atoms with Crippen LogP contribution >= 0.6 is 11.8 Å². The third-order valence-electron chi connectivity index (χ3n) is 4.41. The van der Waals surface area contributed by atoms with Gasteiger partial charge >= 0.3 is 0 Å². The minimum Gasteiger partial charge on any atom is -0.323 e. The Morgan fingerprint density at radius 2 is 1.70 bits per heavy atom. The lowest BCUT2D eigenvalue weighted by Crippen LogP contribution is -2.15. The first-order valence-electron chi connectivity index (χ1n) is 9.37. The number of thioether (sulfide) groups is 1. The lowest BCUT2D eigenvalue weighted by Gasteiger charge is -2.10. The van der Waals surface area contributed by atoms with Gasteiger partial charge in [0.15, 0.2) is 11.0 Å². The van der Waals surface area contributed by atoms with E-state index in [-0.39, 0.29) is 17.3 Å². The fraction of sp³-hybridized carbons (Fsp3) is 0.0870. The topological polar surface area (TPSA) is 59.8 Å². The molecule has 0 spiro atoms. The molecule has 1 amide bonds. The third-order valence-corrected chi connectivity index (χ3v) is 5.34. The number of aryl methyl sites for hydroxylation is 1. The number of aromatic nitrogens is 3. The first kappa shape index (κ1) is 19.8. The number of hydrogen-bond donors (Lipinski definition) is 1. The maximum atomic E-state index is 14.0. The van der Waals surface area contributed by atoms with E-state index in [4.69, 9.17) is 0 Å². The molecule has 0 aliphatic heterocycles. The number of para-hydroxylation sites is 1. The van der Waals surface area contributed by atoms with Crippen molar-refractivity contribution in [1.82, 2.24) is 14.8 Å². The van der Waals surface area contributed by atoms with Gasteiger partial charge in [0, 0.05) is 11.3 Å². The predicted octanol–water partition coefficient (Wildman–Crippen LogP) is 5.11. The molecule has 3 aromatic carbocycles. The van der Waals surface area contributed by atoms with Gasteiger partial charge in [-0.25, -0.2) is 4.39 Å². The molecule has 30 heavy (non-hydrogen) atoms. The van der Waals surface area contributed by atoms with Crippen molar-refractivity contribution >= 4 is 23.4 Å². The highest BCUT2D eigenvalue weighted by molar-refractivity contribution is 7.99. The number of amides is 1. The Balaban J connectivity index is 1.57. The molecule has 0 aliphatic rings. The summed E-state index contributed by atoms with van der Waals surface area (Å²) in [5.41, 5.74) is 2.78. The number of anilines is 1. The predicted molar refractivity (Wildman–Crippen MR) is 117 cm³/mol. The van der Waals surface area contributed by atoms with Crippen LogP contribution in [0.3, 0.4) is 0 Å². The van der Waals surface area contributed by atoms with Crippen LogP contribution in [-0.4, -0.2) is 26.4 Å². The van der Waals surface area contributed by atoms with E-state index < -0.39 is 5.82 Å². The van der Waals surface area contributed by atoms with E-state index >= 15 is 0 Å². The largest absolute Gasteiger partial charge is 0.323 e. The zero-order chi connectivity index (χ0) is 20.9. The number of nitrogens with zero attached hydrogens (tertiary/aromatic N) is 3. The van der Waals surface area contributed by atoms with Gasteiger partial charge in [-0.15, -0.1) is 10.2 Å². The van der Waals surface area contributed by atoms with Crippen LogP contribution in [0.4, 0.5) is 10.1 Å². The molecular formula is C23H19FN4OS. The molecule has 0 bridgehead atoms. The van der Waals surface area contributed by atoms with Crippen LogP contribution in [0.2, 0.25) is 0 Å². The average Bonchev–Trinajstić information content (AvgIpc) is 3.19. The molecule has 1 heterocycles.